The predicted octanol–water partition coefficient (Wildman–Crippen LogP) is 5.55. The van der Waals surface area contributed by atoms with Crippen molar-refractivity contribution in [2.24, 2.45) is 5.73 Å². The van der Waals surface area contributed by atoms with E-state index in [1.807, 2.05) is 63.5 Å². The zero-order valence-corrected chi connectivity index (χ0v) is 22.9. The van der Waals surface area contributed by atoms with Crippen LogP contribution in [-0.4, -0.2) is 57.2 Å². The number of fused-ring (bicyclic) bond motifs is 2. The molecule has 9 heteroatoms. The van der Waals surface area contributed by atoms with Crippen LogP contribution in [-0.2, 0) is 0 Å². The lowest BCUT2D eigenvalue weighted by atomic mass is 10.0. The molecule has 5 rings (SSSR count). The number of aromatic amines is 2. The second-order valence-corrected chi connectivity index (χ2v) is 9.65. The molecule has 0 bridgehead atoms. The molecule has 0 saturated carbocycles. The van der Waals surface area contributed by atoms with Crippen molar-refractivity contribution in [1.82, 2.24) is 30.0 Å². The van der Waals surface area contributed by atoms with Crippen LogP contribution in [0.2, 0.25) is 0 Å². The van der Waals surface area contributed by atoms with Crippen LogP contribution in [0.4, 0.5) is 10.1 Å². The average molecular weight is 535 g/mol. The lowest BCUT2D eigenvalue weighted by molar-refractivity contribution is 0.425. The van der Waals surface area contributed by atoms with Crippen LogP contribution in [0.15, 0.2) is 66.5 Å². The second-order valence-electron chi connectivity index (χ2n) is 9.65. The van der Waals surface area contributed by atoms with Gasteiger partial charge in [-0.05, 0) is 99.1 Å². The molecule has 4 aromatic heterocycles. The van der Waals surface area contributed by atoms with Gasteiger partial charge in [0.25, 0.3) is 0 Å². The number of H-pyrrole nitrogens is 2. The average Bonchev–Trinajstić information content (AvgIpc) is 3.55. The number of anilines is 1. The number of halogens is 1. The number of hydrogen-bond acceptors (Lipinski definition) is 6. The van der Waals surface area contributed by atoms with Gasteiger partial charge >= 0.3 is 0 Å². The largest absolute Gasteiger partial charge is 0.392 e. The summed E-state index contributed by atoms with van der Waals surface area (Å²) in [5.41, 5.74) is 14.0. The number of benzene rings is 1. The molecule has 0 atom stereocenters. The number of nitrogens with two attached hydrogens (primary N) is 1. The first-order valence-electron chi connectivity index (χ1n) is 13.0. The highest BCUT2D eigenvalue weighted by molar-refractivity contribution is 5.99. The Morgan fingerprint density at radius 2 is 2.02 bits per heavy atom. The molecule has 0 fully saturated rings. The van der Waals surface area contributed by atoms with Crippen LogP contribution in [0.25, 0.3) is 50.2 Å². The van der Waals surface area contributed by atoms with Gasteiger partial charge in [-0.2, -0.15) is 5.10 Å². The molecule has 202 valence electrons. The van der Waals surface area contributed by atoms with E-state index in [-0.39, 0.29) is 5.82 Å². The van der Waals surface area contributed by atoms with E-state index in [0.29, 0.717) is 29.1 Å². The minimum absolute atomic E-state index is 0.306. The Hall–Kier alpha value is -4.94. The summed E-state index contributed by atoms with van der Waals surface area (Å²) >= 11 is 0. The standard InChI is InChI=1S/C31H31FN8/c1-5-7-22(33)15-19(6-2)26-8-9-27-29(36-26)30(39-38-27)28-18-25-24(10-11-35-31(25)37-28)20-14-21(32)17-23(16-20)34-12-13-40(3)4/h6,8-11,14-18,34H,12-13,33H2,1-4H3,(H,35,37)(H,38,39)/b19-6+,22-15+. The van der Waals surface area contributed by atoms with Gasteiger partial charge in [0.2, 0.25) is 0 Å². The van der Waals surface area contributed by atoms with Gasteiger partial charge in [0.15, 0.2) is 0 Å². The van der Waals surface area contributed by atoms with E-state index in [2.05, 4.69) is 42.2 Å². The van der Waals surface area contributed by atoms with E-state index in [1.165, 1.54) is 12.1 Å². The van der Waals surface area contributed by atoms with Gasteiger partial charge in [-0.1, -0.05) is 12.0 Å². The summed E-state index contributed by atoms with van der Waals surface area (Å²) < 4.78 is 14.6. The van der Waals surface area contributed by atoms with Crippen LogP contribution in [0.3, 0.4) is 0 Å². The van der Waals surface area contributed by atoms with Crippen molar-refractivity contribution in [3.8, 4) is 34.4 Å². The Balaban J connectivity index is 1.55. The zero-order valence-electron chi connectivity index (χ0n) is 22.9. The Morgan fingerprint density at radius 3 is 2.80 bits per heavy atom. The van der Waals surface area contributed by atoms with Crippen molar-refractivity contribution in [2.75, 3.05) is 32.5 Å². The number of nitrogens with zero attached hydrogens (tertiary/aromatic N) is 4. The van der Waals surface area contributed by atoms with Crippen LogP contribution >= 0.6 is 0 Å². The van der Waals surface area contributed by atoms with Gasteiger partial charge < -0.3 is 20.9 Å². The lowest BCUT2D eigenvalue weighted by Crippen LogP contribution is -2.20. The number of likely N-dealkylation sites (N-methyl/N-ethyl adjacent to an activating group) is 1. The summed E-state index contributed by atoms with van der Waals surface area (Å²) in [7, 11) is 4.01. The van der Waals surface area contributed by atoms with E-state index in [1.54, 1.807) is 13.1 Å². The van der Waals surface area contributed by atoms with Gasteiger partial charge in [0.05, 0.1) is 22.6 Å². The minimum Gasteiger partial charge on any atom is -0.392 e. The number of nitrogens with one attached hydrogen (secondary N) is 3. The normalized spacial score (nSPS) is 12.2. The maximum atomic E-state index is 14.6. The molecule has 0 amide bonds. The summed E-state index contributed by atoms with van der Waals surface area (Å²) in [6.07, 6.45) is 5.47. The van der Waals surface area contributed by atoms with Crippen LogP contribution in [0, 0.1) is 17.7 Å². The lowest BCUT2D eigenvalue weighted by Gasteiger charge is -2.13. The van der Waals surface area contributed by atoms with Gasteiger partial charge in [-0.25, -0.2) is 14.4 Å². The SMILES string of the molecule is CC#C/C(N)=C\C(=C/C)c1ccc2[nH]nc(-c3cc4c(-c5cc(F)cc(NCCN(C)C)c5)ccnc4[nH]3)c2n1. The Labute approximate surface area is 232 Å². The summed E-state index contributed by atoms with van der Waals surface area (Å²) in [5, 5.41) is 11.8. The quantitative estimate of drug-likeness (QED) is 0.153. The van der Waals surface area contributed by atoms with Crippen molar-refractivity contribution >= 4 is 33.3 Å². The van der Waals surface area contributed by atoms with Crippen molar-refractivity contribution in [3.63, 3.8) is 0 Å². The third kappa shape index (κ3) is 5.58. The van der Waals surface area contributed by atoms with Gasteiger partial charge in [-0.3, -0.25) is 5.10 Å². The molecule has 0 radical (unpaired) electrons. The first-order chi connectivity index (χ1) is 19.4. The van der Waals surface area contributed by atoms with Crippen molar-refractivity contribution < 1.29 is 4.39 Å². The first-order valence-corrected chi connectivity index (χ1v) is 13.0. The predicted molar refractivity (Wildman–Crippen MR) is 161 cm³/mol. The number of pyridine rings is 2. The Kier molecular flexibility index (Phi) is 7.62. The molecule has 0 aliphatic rings. The highest BCUT2D eigenvalue weighted by Crippen LogP contribution is 2.34. The maximum Gasteiger partial charge on any atom is 0.138 e. The minimum atomic E-state index is -0.306. The summed E-state index contributed by atoms with van der Waals surface area (Å²) in [6.45, 7) is 5.23. The molecule has 0 aliphatic heterocycles. The van der Waals surface area contributed by atoms with Crippen molar-refractivity contribution in [1.29, 1.82) is 0 Å². The molecular weight excluding hydrogens is 503 g/mol. The van der Waals surface area contributed by atoms with Crippen LogP contribution in [0.1, 0.15) is 19.5 Å². The van der Waals surface area contributed by atoms with E-state index < -0.39 is 0 Å². The number of rotatable bonds is 8. The molecule has 4 heterocycles. The van der Waals surface area contributed by atoms with E-state index in [4.69, 9.17) is 10.7 Å². The second kappa shape index (κ2) is 11.4. The summed E-state index contributed by atoms with van der Waals surface area (Å²) in [6, 6.07) is 12.7. The van der Waals surface area contributed by atoms with Crippen molar-refractivity contribution in [3.05, 3.63) is 78.0 Å². The van der Waals surface area contributed by atoms with Gasteiger partial charge in [0.1, 0.15) is 22.7 Å². The molecule has 40 heavy (non-hydrogen) atoms. The Morgan fingerprint density at radius 1 is 1.18 bits per heavy atom. The molecule has 0 spiro atoms. The Bertz CT molecular complexity index is 1810. The monoisotopic (exact) mass is 534 g/mol. The first kappa shape index (κ1) is 26.7. The maximum absolute atomic E-state index is 14.6. The fourth-order valence-electron chi connectivity index (χ4n) is 4.58. The molecule has 5 N–H and O–H groups in total. The van der Waals surface area contributed by atoms with Gasteiger partial charge in [0, 0.05) is 30.4 Å². The third-order valence-corrected chi connectivity index (χ3v) is 6.48. The molecule has 0 unspecified atom stereocenters. The fraction of sp³-hybridized carbons (Fsp3) is 0.194. The highest BCUT2D eigenvalue weighted by Gasteiger charge is 2.17. The van der Waals surface area contributed by atoms with Crippen molar-refractivity contribution in [2.45, 2.75) is 13.8 Å². The fourth-order valence-corrected chi connectivity index (χ4v) is 4.58. The number of hydrogen-bond donors (Lipinski definition) is 4. The van der Waals surface area contributed by atoms with Crippen LogP contribution < -0.4 is 11.1 Å². The smallest absolute Gasteiger partial charge is 0.138 e. The molecule has 1 aromatic carbocycles. The zero-order chi connectivity index (χ0) is 28.2. The number of allylic oxidation sites excluding steroid dienone is 4. The molecule has 5 aromatic rings. The van der Waals surface area contributed by atoms with E-state index in [9.17, 15) is 4.39 Å². The van der Waals surface area contributed by atoms with Gasteiger partial charge in [-0.15, -0.1) is 0 Å². The van der Waals surface area contributed by atoms with E-state index >= 15 is 0 Å². The van der Waals surface area contributed by atoms with Crippen LogP contribution in [0.5, 0.6) is 0 Å². The van der Waals surface area contributed by atoms with E-state index in [0.717, 1.165) is 51.2 Å². The highest BCUT2D eigenvalue weighted by atomic mass is 19.1. The topological polar surface area (TPSA) is 112 Å². The molecule has 0 aliphatic carbocycles. The third-order valence-electron chi connectivity index (χ3n) is 6.48. The molecule has 8 nitrogen and oxygen atoms in total. The number of aromatic nitrogens is 5. The summed E-state index contributed by atoms with van der Waals surface area (Å²) in [5.74, 6) is 5.37. The summed E-state index contributed by atoms with van der Waals surface area (Å²) in [4.78, 5) is 14.9. The molecular formula is C31H31FN8. The molecule has 0 saturated heterocycles.